The van der Waals surface area contributed by atoms with Crippen molar-refractivity contribution < 1.29 is 14.3 Å². The van der Waals surface area contributed by atoms with Crippen LogP contribution in [0.15, 0.2) is 36.4 Å². The van der Waals surface area contributed by atoms with E-state index in [0.717, 1.165) is 54.3 Å². The summed E-state index contributed by atoms with van der Waals surface area (Å²) >= 11 is 0. The summed E-state index contributed by atoms with van der Waals surface area (Å²) in [6, 6.07) is 11.9. The predicted molar refractivity (Wildman–Crippen MR) is 120 cm³/mol. The van der Waals surface area contributed by atoms with Crippen LogP contribution in [0.3, 0.4) is 0 Å². The summed E-state index contributed by atoms with van der Waals surface area (Å²) in [6.45, 7) is 4.30. The van der Waals surface area contributed by atoms with Gasteiger partial charge < -0.3 is 19.9 Å². The van der Waals surface area contributed by atoms with Gasteiger partial charge in [0.05, 0.1) is 13.7 Å². The van der Waals surface area contributed by atoms with E-state index in [-0.39, 0.29) is 24.3 Å². The average Bonchev–Trinajstić information content (AvgIpc) is 3.18. The summed E-state index contributed by atoms with van der Waals surface area (Å²) in [5.74, 6) is 1.16. The number of aryl methyl sites for hydroxylation is 1. The Morgan fingerprint density at radius 1 is 1.16 bits per heavy atom. The molecule has 0 bridgehead atoms. The molecule has 2 aromatic rings. The molecule has 4 rings (SSSR count). The Morgan fingerprint density at radius 3 is 2.68 bits per heavy atom. The second kappa shape index (κ2) is 9.37. The van der Waals surface area contributed by atoms with E-state index in [2.05, 4.69) is 11.4 Å². The van der Waals surface area contributed by atoms with Gasteiger partial charge in [-0.05, 0) is 62.6 Å². The summed E-state index contributed by atoms with van der Waals surface area (Å²) in [7, 11) is 1.65. The number of benzene rings is 1. The monoisotopic (exact) mass is 422 g/mol. The first-order valence-electron chi connectivity index (χ1n) is 11.0. The Hall–Kier alpha value is -3.09. The molecule has 2 aliphatic rings. The van der Waals surface area contributed by atoms with Gasteiger partial charge in [-0.2, -0.15) is 0 Å². The SMILES string of the molecule is COc1ccc(Nc2cc(C)nc([C@@H]3CCCN(C(=O)CN4CCCC4=O)C3)c2)cc1. The van der Waals surface area contributed by atoms with Crippen LogP contribution in [0.25, 0.3) is 0 Å². The number of piperidine rings is 1. The molecule has 7 heteroatoms. The maximum atomic E-state index is 12.8. The highest BCUT2D eigenvalue weighted by atomic mass is 16.5. The van der Waals surface area contributed by atoms with Gasteiger partial charge in [-0.3, -0.25) is 14.6 Å². The number of ether oxygens (including phenoxy) is 1. The zero-order valence-corrected chi connectivity index (χ0v) is 18.3. The molecule has 0 spiro atoms. The molecule has 3 heterocycles. The van der Waals surface area contributed by atoms with Crippen LogP contribution >= 0.6 is 0 Å². The summed E-state index contributed by atoms with van der Waals surface area (Å²) in [5.41, 5.74) is 3.91. The molecule has 2 saturated heterocycles. The van der Waals surface area contributed by atoms with Crippen LogP contribution in [-0.4, -0.2) is 59.9 Å². The molecule has 0 radical (unpaired) electrons. The van der Waals surface area contributed by atoms with E-state index in [9.17, 15) is 9.59 Å². The van der Waals surface area contributed by atoms with Crippen molar-refractivity contribution in [2.24, 2.45) is 0 Å². The third kappa shape index (κ3) is 5.16. The van der Waals surface area contributed by atoms with Crippen LogP contribution in [0, 0.1) is 6.92 Å². The first kappa shape index (κ1) is 21.2. The lowest BCUT2D eigenvalue weighted by Crippen LogP contribution is -2.45. The standard InChI is InChI=1S/C24H30N4O3/c1-17-13-20(26-19-7-9-21(31-2)10-8-19)14-22(25-17)18-5-3-11-27(15-18)24(30)16-28-12-4-6-23(28)29/h7-10,13-14,18H,3-6,11-12,15-16H2,1-2H3,(H,25,26)/t18-/m1/s1. The Bertz CT molecular complexity index is 944. The average molecular weight is 423 g/mol. The molecule has 2 aliphatic heterocycles. The normalized spacial score (nSPS) is 18.9. The second-order valence-corrected chi connectivity index (χ2v) is 8.37. The van der Waals surface area contributed by atoms with Crippen molar-refractivity contribution in [3.63, 3.8) is 0 Å². The highest BCUT2D eigenvalue weighted by Crippen LogP contribution is 2.29. The minimum Gasteiger partial charge on any atom is -0.497 e. The molecule has 0 unspecified atom stereocenters. The maximum absolute atomic E-state index is 12.8. The summed E-state index contributed by atoms with van der Waals surface area (Å²) in [5, 5.41) is 3.44. The number of amides is 2. The van der Waals surface area contributed by atoms with Gasteiger partial charge in [0.15, 0.2) is 0 Å². The van der Waals surface area contributed by atoms with Crippen LogP contribution in [0.1, 0.15) is 43.0 Å². The van der Waals surface area contributed by atoms with Crippen LogP contribution in [0.4, 0.5) is 11.4 Å². The first-order chi connectivity index (χ1) is 15.0. The van der Waals surface area contributed by atoms with Gasteiger partial charge >= 0.3 is 0 Å². The minimum absolute atomic E-state index is 0.0455. The van der Waals surface area contributed by atoms with Crippen molar-refractivity contribution in [2.75, 3.05) is 38.6 Å². The van der Waals surface area contributed by atoms with Crippen molar-refractivity contribution in [1.82, 2.24) is 14.8 Å². The Kier molecular flexibility index (Phi) is 6.39. The molecular formula is C24H30N4O3. The number of likely N-dealkylation sites (tertiary alicyclic amines) is 2. The number of pyridine rings is 1. The molecule has 7 nitrogen and oxygen atoms in total. The molecule has 1 aromatic heterocycles. The number of nitrogens with zero attached hydrogens (tertiary/aromatic N) is 3. The number of nitrogens with one attached hydrogen (secondary N) is 1. The van der Waals surface area contributed by atoms with Crippen LogP contribution < -0.4 is 10.1 Å². The maximum Gasteiger partial charge on any atom is 0.242 e. The fourth-order valence-electron chi connectivity index (χ4n) is 4.40. The smallest absolute Gasteiger partial charge is 0.242 e. The van der Waals surface area contributed by atoms with Crippen LogP contribution in [-0.2, 0) is 9.59 Å². The lowest BCUT2D eigenvalue weighted by atomic mass is 9.93. The molecule has 0 saturated carbocycles. The van der Waals surface area contributed by atoms with Crippen molar-refractivity contribution in [3.8, 4) is 5.75 Å². The number of hydrogen-bond acceptors (Lipinski definition) is 5. The van der Waals surface area contributed by atoms with E-state index in [4.69, 9.17) is 9.72 Å². The van der Waals surface area contributed by atoms with E-state index in [1.54, 1.807) is 12.0 Å². The minimum atomic E-state index is 0.0455. The van der Waals surface area contributed by atoms with Gasteiger partial charge in [0.2, 0.25) is 11.8 Å². The Labute approximate surface area is 183 Å². The van der Waals surface area contributed by atoms with Gasteiger partial charge in [0.25, 0.3) is 0 Å². The van der Waals surface area contributed by atoms with Gasteiger partial charge in [-0.25, -0.2) is 0 Å². The molecule has 31 heavy (non-hydrogen) atoms. The highest BCUT2D eigenvalue weighted by molar-refractivity contribution is 5.86. The lowest BCUT2D eigenvalue weighted by Gasteiger charge is -2.33. The fraction of sp³-hybridized carbons (Fsp3) is 0.458. The summed E-state index contributed by atoms with van der Waals surface area (Å²) in [6.07, 6.45) is 3.37. The number of carbonyl (C=O) groups excluding carboxylic acids is 2. The predicted octanol–water partition coefficient (Wildman–Crippen LogP) is 3.47. The summed E-state index contributed by atoms with van der Waals surface area (Å²) in [4.78, 5) is 33.0. The number of rotatable bonds is 6. The van der Waals surface area contributed by atoms with E-state index >= 15 is 0 Å². The summed E-state index contributed by atoms with van der Waals surface area (Å²) < 4.78 is 5.22. The third-order valence-corrected chi connectivity index (χ3v) is 6.04. The van der Waals surface area contributed by atoms with Crippen LogP contribution in [0.2, 0.25) is 0 Å². The topological polar surface area (TPSA) is 74.8 Å². The van der Waals surface area contributed by atoms with Gasteiger partial charge in [0, 0.05) is 54.7 Å². The largest absolute Gasteiger partial charge is 0.497 e. The van der Waals surface area contributed by atoms with Crippen molar-refractivity contribution in [2.45, 2.75) is 38.5 Å². The highest BCUT2D eigenvalue weighted by Gasteiger charge is 2.29. The second-order valence-electron chi connectivity index (χ2n) is 8.37. The van der Waals surface area contributed by atoms with Crippen molar-refractivity contribution in [1.29, 1.82) is 0 Å². The first-order valence-corrected chi connectivity index (χ1v) is 11.0. The lowest BCUT2D eigenvalue weighted by molar-refractivity contribution is -0.139. The van der Waals surface area contributed by atoms with Crippen molar-refractivity contribution in [3.05, 3.63) is 47.8 Å². The molecule has 1 N–H and O–H groups in total. The zero-order chi connectivity index (χ0) is 21.8. The van der Waals surface area contributed by atoms with E-state index < -0.39 is 0 Å². The van der Waals surface area contributed by atoms with Gasteiger partial charge in [-0.1, -0.05) is 0 Å². The Morgan fingerprint density at radius 2 is 1.97 bits per heavy atom. The van der Waals surface area contributed by atoms with E-state index in [1.807, 2.05) is 42.2 Å². The fourth-order valence-corrected chi connectivity index (χ4v) is 4.40. The molecule has 164 valence electrons. The number of hydrogen-bond donors (Lipinski definition) is 1. The molecule has 1 atom stereocenters. The number of methoxy groups -OCH3 is 1. The zero-order valence-electron chi connectivity index (χ0n) is 18.3. The van der Waals surface area contributed by atoms with Gasteiger partial charge in [-0.15, -0.1) is 0 Å². The van der Waals surface area contributed by atoms with Crippen LogP contribution in [0.5, 0.6) is 5.75 Å². The van der Waals surface area contributed by atoms with E-state index in [1.165, 1.54) is 0 Å². The molecular weight excluding hydrogens is 392 g/mol. The molecule has 1 aromatic carbocycles. The van der Waals surface area contributed by atoms with Gasteiger partial charge in [0.1, 0.15) is 5.75 Å². The molecule has 2 fully saturated rings. The number of carbonyl (C=O) groups is 2. The number of anilines is 2. The van der Waals surface area contributed by atoms with E-state index in [0.29, 0.717) is 19.5 Å². The Balaban J connectivity index is 1.44. The quantitative estimate of drug-likeness (QED) is 0.772. The van der Waals surface area contributed by atoms with Crippen molar-refractivity contribution >= 4 is 23.2 Å². The molecule has 2 amide bonds. The third-order valence-electron chi connectivity index (χ3n) is 6.04. The molecule has 0 aliphatic carbocycles. The number of aromatic nitrogens is 1.